The lowest BCUT2D eigenvalue weighted by molar-refractivity contribution is 0.589. The highest BCUT2D eigenvalue weighted by atomic mass is 32.2. The zero-order chi connectivity index (χ0) is 13.2. The van der Waals surface area contributed by atoms with E-state index in [4.69, 9.17) is 0 Å². The summed E-state index contributed by atoms with van der Waals surface area (Å²) in [7, 11) is -1.05. The molecule has 0 fully saturated rings. The van der Waals surface area contributed by atoms with Crippen molar-refractivity contribution < 1.29 is 8.42 Å². The van der Waals surface area contributed by atoms with Crippen LogP contribution in [0.2, 0.25) is 0 Å². The molecule has 1 aliphatic heterocycles. The first-order valence-electron chi connectivity index (χ1n) is 6.22. The first-order valence-corrected chi connectivity index (χ1v) is 8.04. The Hall–Kier alpha value is -1.01. The third-order valence-electron chi connectivity index (χ3n) is 3.19. The van der Waals surface area contributed by atoms with Crippen molar-refractivity contribution in [2.24, 2.45) is 0 Å². The number of sulfone groups is 1. The molecular weight excluding hydrogens is 250 g/mol. The van der Waals surface area contributed by atoms with Crippen LogP contribution in [0.4, 0.5) is 0 Å². The standard InChI is InChI=1S/C12H19N3O2S/c1-9-10-5-7-18(16,17)8-11(10)15-12(14-9)4-3-6-13-2/h13H,3-8H2,1-2H3. The van der Waals surface area contributed by atoms with Crippen molar-refractivity contribution in [1.29, 1.82) is 0 Å². The molecule has 0 radical (unpaired) electrons. The maximum atomic E-state index is 11.6. The van der Waals surface area contributed by atoms with Crippen LogP contribution in [0, 0.1) is 6.92 Å². The number of hydrogen-bond donors (Lipinski definition) is 1. The minimum atomic E-state index is -2.96. The van der Waals surface area contributed by atoms with Gasteiger partial charge in [-0.3, -0.25) is 0 Å². The smallest absolute Gasteiger partial charge is 0.156 e. The average molecular weight is 269 g/mol. The number of nitrogens with one attached hydrogen (secondary N) is 1. The topological polar surface area (TPSA) is 72.0 Å². The van der Waals surface area contributed by atoms with Crippen molar-refractivity contribution in [2.45, 2.75) is 31.9 Å². The highest BCUT2D eigenvalue weighted by Gasteiger charge is 2.24. The summed E-state index contributed by atoms with van der Waals surface area (Å²) in [6.45, 7) is 2.86. The third kappa shape index (κ3) is 3.05. The summed E-state index contributed by atoms with van der Waals surface area (Å²) in [6, 6.07) is 0. The van der Waals surface area contributed by atoms with Gasteiger partial charge >= 0.3 is 0 Å². The summed E-state index contributed by atoms with van der Waals surface area (Å²) in [5.74, 6) is 1.06. The predicted octanol–water partition coefficient (Wildman–Crippen LogP) is 0.408. The first-order chi connectivity index (χ1) is 8.52. The van der Waals surface area contributed by atoms with Crippen LogP contribution in [0.5, 0.6) is 0 Å². The highest BCUT2D eigenvalue weighted by molar-refractivity contribution is 7.90. The van der Waals surface area contributed by atoms with Gasteiger partial charge in [0.2, 0.25) is 0 Å². The molecule has 0 spiro atoms. The SMILES string of the molecule is CNCCCc1nc(C)c2c(n1)CS(=O)(=O)CC2. The molecule has 2 rings (SSSR count). The molecule has 1 aliphatic rings. The zero-order valence-electron chi connectivity index (χ0n) is 10.9. The fraction of sp³-hybridized carbons (Fsp3) is 0.667. The number of rotatable bonds is 4. The van der Waals surface area contributed by atoms with E-state index in [1.165, 1.54) is 0 Å². The molecule has 0 saturated carbocycles. The summed E-state index contributed by atoms with van der Waals surface area (Å²) in [5, 5.41) is 3.08. The minimum absolute atomic E-state index is 0.0741. The van der Waals surface area contributed by atoms with Crippen LogP contribution in [0.3, 0.4) is 0 Å². The fourth-order valence-corrected chi connectivity index (χ4v) is 3.55. The summed E-state index contributed by atoms with van der Waals surface area (Å²) in [4.78, 5) is 8.90. The van der Waals surface area contributed by atoms with E-state index in [-0.39, 0.29) is 11.5 Å². The zero-order valence-corrected chi connectivity index (χ0v) is 11.7. The number of fused-ring (bicyclic) bond motifs is 1. The van der Waals surface area contributed by atoms with Crippen LogP contribution in [0.15, 0.2) is 0 Å². The van der Waals surface area contributed by atoms with Crippen molar-refractivity contribution in [3.05, 3.63) is 22.8 Å². The molecule has 1 N–H and O–H groups in total. The molecule has 18 heavy (non-hydrogen) atoms. The molecular formula is C12H19N3O2S. The Balaban J connectivity index is 2.24. The van der Waals surface area contributed by atoms with E-state index in [1.54, 1.807) is 0 Å². The molecule has 0 amide bonds. The van der Waals surface area contributed by atoms with Crippen molar-refractivity contribution in [1.82, 2.24) is 15.3 Å². The Morgan fingerprint density at radius 1 is 1.33 bits per heavy atom. The molecule has 0 atom stereocenters. The Kier molecular flexibility index (Phi) is 3.97. The molecule has 2 heterocycles. The Labute approximate surface area is 108 Å². The summed E-state index contributed by atoms with van der Waals surface area (Å²) in [6.07, 6.45) is 2.30. The van der Waals surface area contributed by atoms with Gasteiger partial charge in [-0.25, -0.2) is 18.4 Å². The summed E-state index contributed by atoms with van der Waals surface area (Å²) in [5.41, 5.74) is 2.68. The van der Waals surface area contributed by atoms with Gasteiger partial charge < -0.3 is 5.32 Å². The van der Waals surface area contributed by atoms with E-state index in [0.29, 0.717) is 12.1 Å². The number of nitrogens with zero attached hydrogens (tertiary/aromatic N) is 2. The first kappa shape index (κ1) is 13.4. The monoisotopic (exact) mass is 269 g/mol. The molecule has 0 aromatic carbocycles. The molecule has 5 nitrogen and oxygen atoms in total. The van der Waals surface area contributed by atoms with E-state index >= 15 is 0 Å². The molecule has 0 aliphatic carbocycles. The number of aromatic nitrogens is 2. The van der Waals surface area contributed by atoms with Crippen LogP contribution in [0.1, 0.15) is 29.2 Å². The third-order valence-corrected chi connectivity index (χ3v) is 4.73. The number of aryl methyl sites for hydroxylation is 2. The van der Waals surface area contributed by atoms with Gasteiger partial charge in [0.05, 0.1) is 17.2 Å². The average Bonchev–Trinajstić information content (AvgIpc) is 2.27. The van der Waals surface area contributed by atoms with Gasteiger partial charge in [-0.05, 0) is 38.9 Å². The quantitative estimate of drug-likeness (QED) is 0.802. The predicted molar refractivity (Wildman–Crippen MR) is 70.2 cm³/mol. The van der Waals surface area contributed by atoms with Gasteiger partial charge in [-0.15, -0.1) is 0 Å². The van der Waals surface area contributed by atoms with Crippen molar-refractivity contribution >= 4 is 9.84 Å². The largest absolute Gasteiger partial charge is 0.320 e. The van der Waals surface area contributed by atoms with Gasteiger partial charge in [-0.2, -0.15) is 0 Å². The Morgan fingerprint density at radius 3 is 2.83 bits per heavy atom. The molecule has 0 bridgehead atoms. The van der Waals surface area contributed by atoms with E-state index in [2.05, 4.69) is 15.3 Å². The van der Waals surface area contributed by atoms with Gasteiger partial charge in [0.15, 0.2) is 9.84 Å². The van der Waals surface area contributed by atoms with E-state index in [1.807, 2.05) is 14.0 Å². The number of hydrogen-bond acceptors (Lipinski definition) is 5. The van der Waals surface area contributed by atoms with E-state index < -0.39 is 9.84 Å². The van der Waals surface area contributed by atoms with Crippen molar-refractivity contribution in [3.8, 4) is 0 Å². The van der Waals surface area contributed by atoms with Crippen LogP contribution < -0.4 is 5.32 Å². The van der Waals surface area contributed by atoms with Crippen LogP contribution in [-0.2, 0) is 28.4 Å². The molecule has 1 aromatic heterocycles. The molecule has 0 unspecified atom stereocenters. The van der Waals surface area contributed by atoms with Crippen LogP contribution in [0.25, 0.3) is 0 Å². The highest BCUT2D eigenvalue weighted by Crippen LogP contribution is 2.21. The lowest BCUT2D eigenvalue weighted by atomic mass is 10.1. The fourth-order valence-electron chi connectivity index (χ4n) is 2.24. The molecule has 6 heteroatoms. The summed E-state index contributed by atoms with van der Waals surface area (Å²) < 4.78 is 23.3. The lowest BCUT2D eigenvalue weighted by Crippen LogP contribution is -2.23. The second-order valence-electron chi connectivity index (χ2n) is 4.70. The maximum absolute atomic E-state index is 11.6. The minimum Gasteiger partial charge on any atom is -0.320 e. The van der Waals surface area contributed by atoms with E-state index in [0.717, 1.165) is 36.5 Å². The molecule has 1 aromatic rings. The molecule has 0 saturated heterocycles. The van der Waals surface area contributed by atoms with E-state index in [9.17, 15) is 8.42 Å². The second-order valence-corrected chi connectivity index (χ2v) is 6.88. The normalized spacial score (nSPS) is 17.4. The lowest BCUT2D eigenvalue weighted by Gasteiger charge is -2.18. The van der Waals surface area contributed by atoms with Gasteiger partial charge in [0.1, 0.15) is 5.82 Å². The summed E-state index contributed by atoms with van der Waals surface area (Å²) >= 11 is 0. The van der Waals surface area contributed by atoms with Crippen molar-refractivity contribution in [2.75, 3.05) is 19.3 Å². The maximum Gasteiger partial charge on any atom is 0.156 e. The van der Waals surface area contributed by atoms with Gasteiger partial charge in [0.25, 0.3) is 0 Å². The van der Waals surface area contributed by atoms with Gasteiger partial charge in [-0.1, -0.05) is 0 Å². The Morgan fingerprint density at radius 2 is 2.11 bits per heavy atom. The van der Waals surface area contributed by atoms with Crippen molar-refractivity contribution in [3.63, 3.8) is 0 Å². The van der Waals surface area contributed by atoms with Crippen LogP contribution >= 0.6 is 0 Å². The Bertz CT molecular complexity index is 540. The van der Waals surface area contributed by atoms with Crippen LogP contribution in [-0.4, -0.2) is 37.7 Å². The second kappa shape index (κ2) is 5.32. The molecule has 100 valence electrons. The van der Waals surface area contributed by atoms with Gasteiger partial charge in [0, 0.05) is 12.1 Å².